The van der Waals surface area contributed by atoms with Crippen molar-refractivity contribution >= 4 is 18.1 Å². The number of nitrogens with one attached hydrogen (secondary N) is 1. The Kier molecular flexibility index (Phi) is 6.15. The second-order valence-corrected chi connectivity index (χ2v) is 6.91. The number of fused-ring (bicyclic) bond motifs is 1. The summed E-state index contributed by atoms with van der Waals surface area (Å²) in [6, 6.07) is 20.1. The van der Waals surface area contributed by atoms with Gasteiger partial charge in [-0.3, -0.25) is 9.90 Å². The van der Waals surface area contributed by atoms with Gasteiger partial charge in [0.2, 0.25) is 0 Å². The third-order valence-corrected chi connectivity index (χ3v) is 4.88. The SMILES string of the molecule is COc1ccc(CNc2ccc3c(n2)=CN(OCc2ccccc2)CC=3)cc1OC. The van der Waals surface area contributed by atoms with E-state index in [-0.39, 0.29) is 0 Å². The zero-order valence-electron chi connectivity index (χ0n) is 17.2. The molecule has 1 aliphatic rings. The fraction of sp³-hybridized carbons (Fsp3) is 0.208. The molecule has 0 saturated heterocycles. The first-order valence-corrected chi connectivity index (χ1v) is 9.82. The molecule has 0 aliphatic carbocycles. The Bertz CT molecular complexity index is 1120. The number of hydroxylamine groups is 2. The second-order valence-electron chi connectivity index (χ2n) is 6.91. The molecule has 0 saturated carbocycles. The van der Waals surface area contributed by atoms with Gasteiger partial charge in [0.25, 0.3) is 0 Å². The van der Waals surface area contributed by atoms with E-state index in [2.05, 4.69) is 29.6 Å². The molecule has 2 heterocycles. The smallest absolute Gasteiger partial charge is 0.161 e. The highest BCUT2D eigenvalue weighted by Gasteiger charge is 2.07. The summed E-state index contributed by atoms with van der Waals surface area (Å²) in [5.74, 6) is 2.23. The van der Waals surface area contributed by atoms with Gasteiger partial charge in [-0.1, -0.05) is 42.5 Å². The minimum absolute atomic E-state index is 0.526. The summed E-state index contributed by atoms with van der Waals surface area (Å²) in [6.45, 7) is 1.85. The van der Waals surface area contributed by atoms with Crippen molar-refractivity contribution < 1.29 is 14.3 Å². The van der Waals surface area contributed by atoms with E-state index in [0.717, 1.165) is 27.5 Å². The van der Waals surface area contributed by atoms with Crippen LogP contribution in [-0.4, -0.2) is 30.8 Å². The molecular weight excluding hydrogens is 378 g/mol. The lowest BCUT2D eigenvalue weighted by atomic mass is 10.2. The van der Waals surface area contributed by atoms with Crippen molar-refractivity contribution in [1.29, 1.82) is 0 Å². The maximum absolute atomic E-state index is 5.90. The Balaban J connectivity index is 1.43. The van der Waals surface area contributed by atoms with Crippen LogP contribution in [0.2, 0.25) is 0 Å². The molecule has 4 rings (SSSR count). The number of nitrogens with zero attached hydrogens (tertiary/aromatic N) is 2. The zero-order valence-corrected chi connectivity index (χ0v) is 17.2. The van der Waals surface area contributed by atoms with Crippen LogP contribution >= 0.6 is 0 Å². The standard InChI is InChI=1S/C24H25N3O3/c1-28-22-10-8-19(14-23(22)29-2)15-25-24-11-9-20-12-13-27(16-21(20)26-24)30-17-18-6-4-3-5-7-18/h3-12,14,16H,13,15,17H2,1-2H3,(H,25,26). The molecule has 1 N–H and O–H groups in total. The van der Waals surface area contributed by atoms with E-state index in [4.69, 9.17) is 19.3 Å². The maximum Gasteiger partial charge on any atom is 0.161 e. The Hall–Kier alpha value is -3.51. The average Bonchev–Trinajstić information content (AvgIpc) is 2.81. The molecule has 6 heteroatoms. The molecule has 0 bridgehead atoms. The zero-order chi connectivity index (χ0) is 20.8. The summed E-state index contributed by atoms with van der Waals surface area (Å²) in [5.41, 5.74) is 2.21. The van der Waals surface area contributed by atoms with Crippen molar-refractivity contribution in [2.24, 2.45) is 0 Å². The molecule has 0 fully saturated rings. The molecule has 0 amide bonds. The van der Waals surface area contributed by atoms with Gasteiger partial charge in [0, 0.05) is 6.54 Å². The highest BCUT2D eigenvalue weighted by Crippen LogP contribution is 2.27. The predicted octanol–water partition coefficient (Wildman–Crippen LogP) is 2.68. The van der Waals surface area contributed by atoms with Crippen molar-refractivity contribution in [3.63, 3.8) is 0 Å². The summed E-state index contributed by atoms with van der Waals surface area (Å²) in [7, 11) is 3.27. The molecule has 1 aromatic heterocycles. The van der Waals surface area contributed by atoms with Crippen molar-refractivity contribution in [3.05, 3.63) is 82.4 Å². The van der Waals surface area contributed by atoms with Crippen LogP contribution in [0.4, 0.5) is 5.82 Å². The van der Waals surface area contributed by atoms with Gasteiger partial charge in [0.15, 0.2) is 11.5 Å². The summed E-state index contributed by atoms with van der Waals surface area (Å²) >= 11 is 0. The largest absolute Gasteiger partial charge is 0.493 e. The Morgan fingerprint density at radius 2 is 1.77 bits per heavy atom. The van der Waals surface area contributed by atoms with Gasteiger partial charge in [-0.2, -0.15) is 0 Å². The molecular formula is C24H25N3O3. The minimum atomic E-state index is 0.526. The minimum Gasteiger partial charge on any atom is -0.493 e. The molecule has 0 radical (unpaired) electrons. The third kappa shape index (κ3) is 4.72. The Morgan fingerprint density at radius 1 is 0.933 bits per heavy atom. The van der Waals surface area contributed by atoms with Crippen LogP contribution in [0.25, 0.3) is 12.3 Å². The molecule has 0 unspecified atom stereocenters. The predicted molar refractivity (Wildman–Crippen MR) is 117 cm³/mol. The number of hydrogen-bond donors (Lipinski definition) is 1. The van der Waals surface area contributed by atoms with E-state index in [1.54, 1.807) is 14.2 Å². The number of pyridine rings is 1. The van der Waals surface area contributed by atoms with Gasteiger partial charge in [-0.15, -0.1) is 0 Å². The second kappa shape index (κ2) is 9.33. The van der Waals surface area contributed by atoms with Crippen molar-refractivity contribution in [3.8, 4) is 11.5 Å². The van der Waals surface area contributed by atoms with Gasteiger partial charge in [-0.25, -0.2) is 4.98 Å². The fourth-order valence-corrected chi connectivity index (χ4v) is 3.24. The first-order valence-electron chi connectivity index (χ1n) is 9.82. The molecule has 3 aromatic rings. The lowest BCUT2D eigenvalue weighted by molar-refractivity contribution is -0.106. The van der Waals surface area contributed by atoms with Gasteiger partial charge in [0.1, 0.15) is 5.82 Å². The first-order chi connectivity index (χ1) is 14.7. The lowest BCUT2D eigenvalue weighted by Crippen LogP contribution is -2.37. The molecule has 154 valence electrons. The number of aromatic nitrogens is 1. The van der Waals surface area contributed by atoms with Crippen molar-refractivity contribution in [2.75, 3.05) is 26.1 Å². The molecule has 1 aliphatic heterocycles. The normalized spacial score (nSPS) is 12.4. The van der Waals surface area contributed by atoms with Crippen LogP contribution in [0.3, 0.4) is 0 Å². The van der Waals surface area contributed by atoms with Crippen molar-refractivity contribution in [1.82, 2.24) is 10.0 Å². The summed E-state index contributed by atoms with van der Waals surface area (Å²) in [4.78, 5) is 10.6. The van der Waals surface area contributed by atoms with Gasteiger partial charge in [-0.05, 0) is 40.6 Å². The van der Waals surface area contributed by atoms with Crippen LogP contribution in [0.1, 0.15) is 11.1 Å². The summed E-state index contributed by atoms with van der Waals surface area (Å²) in [5, 5.41) is 7.18. The maximum atomic E-state index is 5.90. The number of benzene rings is 2. The van der Waals surface area contributed by atoms with E-state index in [0.29, 0.717) is 31.2 Å². The Labute approximate surface area is 176 Å². The van der Waals surface area contributed by atoms with E-state index >= 15 is 0 Å². The number of ether oxygens (including phenoxy) is 2. The van der Waals surface area contributed by atoms with Gasteiger partial charge >= 0.3 is 0 Å². The van der Waals surface area contributed by atoms with Gasteiger partial charge in [0.05, 0.1) is 38.9 Å². The number of rotatable bonds is 8. The fourth-order valence-electron chi connectivity index (χ4n) is 3.24. The number of hydrogen-bond acceptors (Lipinski definition) is 6. The number of methoxy groups -OCH3 is 2. The van der Waals surface area contributed by atoms with Gasteiger partial charge < -0.3 is 14.8 Å². The topological polar surface area (TPSA) is 55.9 Å². The molecule has 6 nitrogen and oxygen atoms in total. The summed E-state index contributed by atoms with van der Waals surface area (Å²) < 4.78 is 10.7. The Morgan fingerprint density at radius 3 is 2.57 bits per heavy atom. The first kappa shape index (κ1) is 19.8. The van der Waals surface area contributed by atoms with E-state index < -0.39 is 0 Å². The van der Waals surface area contributed by atoms with Crippen LogP contribution in [-0.2, 0) is 18.0 Å². The highest BCUT2D eigenvalue weighted by molar-refractivity contribution is 5.45. The van der Waals surface area contributed by atoms with E-state index in [1.807, 2.05) is 53.7 Å². The quantitative estimate of drug-likeness (QED) is 0.624. The highest BCUT2D eigenvalue weighted by atomic mass is 16.7. The third-order valence-electron chi connectivity index (χ3n) is 4.88. The molecule has 2 aromatic carbocycles. The molecule has 30 heavy (non-hydrogen) atoms. The van der Waals surface area contributed by atoms with Crippen molar-refractivity contribution in [2.45, 2.75) is 13.2 Å². The van der Waals surface area contributed by atoms with E-state index in [9.17, 15) is 0 Å². The van der Waals surface area contributed by atoms with Crippen LogP contribution < -0.4 is 25.4 Å². The number of anilines is 1. The lowest BCUT2D eigenvalue weighted by Gasteiger charge is -2.20. The monoisotopic (exact) mass is 403 g/mol. The average molecular weight is 403 g/mol. The van der Waals surface area contributed by atoms with Crippen LogP contribution in [0, 0.1) is 0 Å². The molecule has 0 spiro atoms. The van der Waals surface area contributed by atoms with Crippen LogP contribution in [0.5, 0.6) is 11.5 Å². The summed E-state index contributed by atoms with van der Waals surface area (Å²) in [6.07, 6.45) is 4.06. The van der Waals surface area contributed by atoms with Crippen LogP contribution in [0.15, 0.2) is 60.7 Å². The molecule has 0 atom stereocenters. The van der Waals surface area contributed by atoms with E-state index in [1.165, 1.54) is 0 Å².